The standard InChI is InChI=1S/C12H17FO/c1-3-10(2)8-14-9-11-6-4-5-7-12(11)13/h4-7,10H,3,8-9H2,1-2H3. The average molecular weight is 196 g/mol. The van der Waals surface area contributed by atoms with E-state index >= 15 is 0 Å². The summed E-state index contributed by atoms with van der Waals surface area (Å²) >= 11 is 0. The second-order valence-electron chi connectivity index (χ2n) is 3.62. The fourth-order valence-corrected chi connectivity index (χ4v) is 1.10. The minimum atomic E-state index is -0.184. The molecule has 1 aromatic carbocycles. The predicted octanol–water partition coefficient (Wildman–Crippen LogP) is 3.39. The Morgan fingerprint density at radius 3 is 2.71 bits per heavy atom. The summed E-state index contributed by atoms with van der Waals surface area (Å²) in [7, 11) is 0. The van der Waals surface area contributed by atoms with Crippen molar-refractivity contribution in [1.29, 1.82) is 0 Å². The first kappa shape index (κ1) is 11.2. The molecule has 0 N–H and O–H groups in total. The molecular formula is C12H17FO. The molecule has 0 bridgehead atoms. The van der Waals surface area contributed by atoms with Gasteiger partial charge in [-0.05, 0) is 12.0 Å². The molecule has 0 saturated carbocycles. The number of halogens is 1. The third-order valence-corrected chi connectivity index (χ3v) is 2.31. The highest BCUT2D eigenvalue weighted by Gasteiger charge is 2.02. The lowest BCUT2D eigenvalue weighted by Crippen LogP contribution is -2.05. The SMILES string of the molecule is CCC(C)COCc1ccccc1F. The number of ether oxygens (including phenoxy) is 1. The Kier molecular flexibility index (Phi) is 4.60. The van der Waals surface area contributed by atoms with Crippen molar-refractivity contribution in [2.75, 3.05) is 6.61 Å². The molecule has 0 aromatic heterocycles. The van der Waals surface area contributed by atoms with Gasteiger partial charge in [-0.15, -0.1) is 0 Å². The normalized spacial score (nSPS) is 12.8. The van der Waals surface area contributed by atoms with E-state index in [1.54, 1.807) is 12.1 Å². The topological polar surface area (TPSA) is 9.23 Å². The molecule has 1 unspecified atom stereocenters. The van der Waals surface area contributed by atoms with Crippen LogP contribution in [0.1, 0.15) is 25.8 Å². The van der Waals surface area contributed by atoms with E-state index in [0.29, 0.717) is 24.7 Å². The van der Waals surface area contributed by atoms with Gasteiger partial charge >= 0.3 is 0 Å². The van der Waals surface area contributed by atoms with Crippen molar-refractivity contribution >= 4 is 0 Å². The van der Waals surface area contributed by atoms with Gasteiger partial charge < -0.3 is 4.74 Å². The molecule has 0 spiro atoms. The fourth-order valence-electron chi connectivity index (χ4n) is 1.10. The summed E-state index contributed by atoms with van der Waals surface area (Å²) < 4.78 is 18.5. The van der Waals surface area contributed by atoms with Crippen molar-refractivity contribution in [1.82, 2.24) is 0 Å². The van der Waals surface area contributed by atoms with E-state index in [9.17, 15) is 4.39 Å². The van der Waals surface area contributed by atoms with Crippen LogP contribution in [0.25, 0.3) is 0 Å². The largest absolute Gasteiger partial charge is 0.376 e. The molecule has 0 aliphatic carbocycles. The lowest BCUT2D eigenvalue weighted by Gasteiger charge is -2.09. The molecule has 0 fully saturated rings. The van der Waals surface area contributed by atoms with Gasteiger partial charge in [0, 0.05) is 12.2 Å². The van der Waals surface area contributed by atoms with Crippen molar-refractivity contribution in [3.8, 4) is 0 Å². The summed E-state index contributed by atoms with van der Waals surface area (Å²) in [5.41, 5.74) is 0.635. The van der Waals surface area contributed by atoms with Crippen molar-refractivity contribution < 1.29 is 9.13 Å². The van der Waals surface area contributed by atoms with Gasteiger partial charge in [0.15, 0.2) is 0 Å². The van der Waals surface area contributed by atoms with Crippen LogP contribution in [0, 0.1) is 11.7 Å². The zero-order valence-corrected chi connectivity index (χ0v) is 8.79. The van der Waals surface area contributed by atoms with Crippen LogP contribution >= 0.6 is 0 Å². The average Bonchev–Trinajstić information content (AvgIpc) is 2.20. The molecule has 0 heterocycles. The molecule has 78 valence electrons. The fraction of sp³-hybridized carbons (Fsp3) is 0.500. The van der Waals surface area contributed by atoms with Crippen LogP contribution in [0.3, 0.4) is 0 Å². The zero-order valence-electron chi connectivity index (χ0n) is 8.79. The van der Waals surface area contributed by atoms with Gasteiger partial charge in [0.1, 0.15) is 5.82 Å². The van der Waals surface area contributed by atoms with E-state index in [-0.39, 0.29) is 5.82 Å². The van der Waals surface area contributed by atoms with E-state index < -0.39 is 0 Å². The van der Waals surface area contributed by atoms with Gasteiger partial charge in [-0.25, -0.2) is 4.39 Å². The first-order valence-electron chi connectivity index (χ1n) is 5.05. The maximum absolute atomic E-state index is 13.1. The summed E-state index contributed by atoms with van der Waals surface area (Å²) in [5, 5.41) is 0. The maximum atomic E-state index is 13.1. The van der Waals surface area contributed by atoms with Gasteiger partial charge in [-0.1, -0.05) is 38.5 Å². The highest BCUT2D eigenvalue weighted by atomic mass is 19.1. The molecule has 1 nitrogen and oxygen atoms in total. The quantitative estimate of drug-likeness (QED) is 0.701. The van der Waals surface area contributed by atoms with Crippen LogP contribution in [-0.4, -0.2) is 6.61 Å². The molecule has 0 aliphatic rings. The molecule has 14 heavy (non-hydrogen) atoms. The first-order valence-corrected chi connectivity index (χ1v) is 5.05. The van der Waals surface area contributed by atoms with Crippen LogP contribution < -0.4 is 0 Å². The van der Waals surface area contributed by atoms with Crippen LogP contribution in [0.2, 0.25) is 0 Å². The van der Waals surface area contributed by atoms with Gasteiger partial charge in [-0.3, -0.25) is 0 Å². The Morgan fingerprint density at radius 2 is 2.07 bits per heavy atom. The zero-order chi connectivity index (χ0) is 10.4. The van der Waals surface area contributed by atoms with Crippen molar-refractivity contribution in [2.24, 2.45) is 5.92 Å². The second kappa shape index (κ2) is 5.76. The summed E-state index contributed by atoms with van der Waals surface area (Å²) in [5.74, 6) is 0.360. The highest BCUT2D eigenvalue weighted by Crippen LogP contribution is 2.09. The van der Waals surface area contributed by atoms with E-state index in [4.69, 9.17) is 4.74 Å². The number of benzene rings is 1. The van der Waals surface area contributed by atoms with Crippen LogP contribution in [0.4, 0.5) is 4.39 Å². The molecule has 0 amide bonds. The lowest BCUT2D eigenvalue weighted by atomic mass is 10.1. The number of hydrogen-bond acceptors (Lipinski definition) is 1. The monoisotopic (exact) mass is 196 g/mol. The summed E-state index contributed by atoms with van der Waals surface area (Å²) in [6.07, 6.45) is 1.09. The van der Waals surface area contributed by atoms with E-state index in [1.807, 2.05) is 6.07 Å². The minimum absolute atomic E-state index is 0.184. The van der Waals surface area contributed by atoms with Gasteiger partial charge in [-0.2, -0.15) is 0 Å². The Labute approximate surface area is 84.9 Å². The molecule has 2 heteroatoms. The maximum Gasteiger partial charge on any atom is 0.128 e. The Hall–Kier alpha value is -0.890. The number of rotatable bonds is 5. The molecular weight excluding hydrogens is 179 g/mol. The number of hydrogen-bond donors (Lipinski definition) is 0. The Morgan fingerprint density at radius 1 is 1.36 bits per heavy atom. The predicted molar refractivity (Wildman–Crippen MR) is 55.5 cm³/mol. The van der Waals surface area contributed by atoms with E-state index in [1.165, 1.54) is 6.07 Å². The molecule has 1 aromatic rings. The first-order chi connectivity index (χ1) is 6.74. The van der Waals surface area contributed by atoms with Crippen LogP contribution in [-0.2, 0) is 11.3 Å². The van der Waals surface area contributed by atoms with Crippen molar-refractivity contribution in [2.45, 2.75) is 26.9 Å². The van der Waals surface area contributed by atoms with E-state index in [2.05, 4.69) is 13.8 Å². The second-order valence-corrected chi connectivity index (χ2v) is 3.62. The van der Waals surface area contributed by atoms with Gasteiger partial charge in [0.25, 0.3) is 0 Å². The third kappa shape index (κ3) is 3.46. The highest BCUT2D eigenvalue weighted by molar-refractivity contribution is 5.16. The smallest absolute Gasteiger partial charge is 0.128 e. The summed E-state index contributed by atoms with van der Waals surface area (Å²) in [6, 6.07) is 6.73. The molecule has 0 saturated heterocycles. The van der Waals surface area contributed by atoms with Crippen LogP contribution in [0.15, 0.2) is 24.3 Å². The summed E-state index contributed by atoms with van der Waals surface area (Å²) in [6.45, 7) is 5.32. The minimum Gasteiger partial charge on any atom is -0.376 e. The van der Waals surface area contributed by atoms with Crippen molar-refractivity contribution in [3.63, 3.8) is 0 Å². The van der Waals surface area contributed by atoms with Crippen LogP contribution in [0.5, 0.6) is 0 Å². The van der Waals surface area contributed by atoms with E-state index in [0.717, 1.165) is 6.42 Å². The Bertz CT molecular complexity index is 273. The molecule has 1 atom stereocenters. The Balaban J connectivity index is 2.35. The molecule has 0 radical (unpaired) electrons. The third-order valence-electron chi connectivity index (χ3n) is 2.31. The molecule has 0 aliphatic heterocycles. The lowest BCUT2D eigenvalue weighted by molar-refractivity contribution is 0.0891. The van der Waals surface area contributed by atoms with Crippen molar-refractivity contribution in [3.05, 3.63) is 35.6 Å². The summed E-state index contributed by atoms with van der Waals surface area (Å²) in [4.78, 5) is 0. The molecule has 1 rings (SSSR count). The van der Waals surface area contributed by atoms with Gasteiger partial charge in [0.05, 0.1) is 6.61 Å². The van der Waals surface area contributed by atoms with Gasteiger partial charge in [0.2, 0.25) is 0 Å².